The maximum Gasteiger partial charge on any atom is 0.243 e. The minimum Gasteiger partial charge on any atom is -0.338 e. The van der Waals surface area contributed by atoms with Crippen molar-refractivity contribution >= 4 is 0 Å². The van der Waals surface area contributed by atoms with Gasteiger partial charge in [0.25, 0.3) is 0 Å². The third-order valence-electron chi connectivity index (χ3n) is 1.70. The van der Waals surface area contributed by atoms with Crippen LogP contribution in [0.3, 0.4) is 0 Å². The van der Waals surface area contributed by atoms with Gasteiger partial charge in [-0.2, -0.15) is 4.98 Å². The average molecular weight is 169 g/mol. The summed E-state index contributed by atoms with van der Waals surface area (Å²) in [6.45, 7) is 6.89. The molecule has 1 aromatic rings. The fraction of sp³-hybridized carbons (Fsp3) is 0.750. The molecule has 0 aliphatic heterocycles. The molecule has 0 aromatic carbocycles. The number of hydrogen-bond donors (Lipinski definition) is 1. The van der Waals surface area contributed by atoms with Crippen molar-refractivity contribution in [3.8, 4) is 0 Å². The van der Waals surface area contributed by atoms with Crippen LogP contribution in [0.15, 0.2) is 4.52 Å². The lowest BCUT2D eigenvalue weighted by atomic mass is 10.2. The van der Waals surface area contributed by atoms with Gasteiger partial charge in [-0.15, -0.1) is 0 Å². The van der Waals surface area contributed by atoms with Gasteiger partial charge in [0.1, 0.15) is 0 Å². The maximum atomic E-state index is 5.05. The zero-order valence-corrected chi connectivity index (χ0v) is 7.79. The second-order valence-corrected chi connectivity index (χ2v) is 2.70. The maximum absolute atomic E-state index is 5.05. The summed E-state index contributed by atoms with van der Waals surface area (Å²) < 4.78 is 5.05. The van der Waals surface area contributed by atoms with E-state index in [0.717, 1.165) is 13.0 Å². The molecule has 68 valence electrons. The molecule has 4 nitrogen and oxygen atoms in total. The Balaban J connectivity index is 2.66. The summed E-state index contributed by atoms with van der Waals surface area (Å²) >= 11 is 0. The van der Waals surface area contributed by atoms with Gasteiger partial charge < -0.3 is 9.84 Å². The van der Waals surface area contributed by atoms with Gasteiger partial charge in [-0.25, -0.2) is 0 Å². The molecule has 0 saturated carbocycles. The lowest BCUT2D eigenvalue weighted by Gasteiger charge is -2.09. The quantitative estimate of drug-likeness (QED) is 0.741. The highest BCUT2D eigenvalue weighted by atomic mass is 16.5. The van der Waals surface area contributed by atoms with Crippen molar-refractivity contribution in [1.29, 1.82) is 0 Å². The van der Waals surface area contributed by atoms with E-state index < -0.39 is 0 Å². The standard InChI is InChI=1S/C8H15N3O/c1-4-7(9-5-2)8-10-6(3)11-12-8/h7,9H,4-5H2,1-3H3. The van der Waals surface area contributed by atoms with E-state index in [1.807, 2.05) is 6.92 Å². The van der Waals surface area contributed by atoms with Crippen molar-refractivity contribution in [3.05, 3.63) is 11.7 Å². The topological polar surface area (TPSA) is 51.0 Å². The summed E-state index contributed by atoms with van der Waals surface area (Å²) in [6.07, 6.45) is 0.968. The Hall–Kier alpha value is -0.900. The molecule has 0 radical (unpaired) electrons. The first kappa shape index (κ1) is 9.19. The lowest BCUT2D eigenvalue weighted by Crippen LogP contribution is -2.20. The van der Waals surface area contributed by atoms with Gasteiger partial charge >= 0.3 is 0 Å². The highest BCUT2D eigenvalue weighted by molar-refractivity contribution is 4.90. The average Bonchev–Trinajstić information content (AvgIpc) is 2.47. The van der Waals surface area contributed by atoms with Gasteiger partial charge in [-0.3, -0.25) is 0 Å². The fourth-order valence-electron chi connectivity index (χ4n) is 1.11. The highest BCUT2D eigenvalue weighted by Crippen LogP contribution is 2.13. The van der Waals surface area contributed by atoms with Crippen molar-refractivity contribution in [2.24, 2.45) is 0 Å². The van der Waals surface area contributed by atoms with Crippen LogP contribution in [0.1, 0.15) is 38.0 Å². The molecular formula is C8H15N3O. The molecule has 0 fully saturated rings. The van der Waals surface area contributed by atoms with E-state index in [0.29, 0.717) is 11.7 Å². The molecular weight excluding hydrogens is 154 g/mol. The summed E-state index contributed by atoms with van der Waals surface area (Å²) in [5.41, 5.74) is 0. The van der Waals surface area contributed by atoms with Crippen LogP contribution in [-0.2, 0) is 0 Å². The Morgan fingerprint density at radius 2 is 2.25 bits per heavy atom. The lowest BCUT2D eigenvalue weighted by molar-refractivity contribution is 0.326. The van der Waals surface area contributed by atoms with Crippen LogP contribution in [0, 0.1) is 6.92 Å². The van der Waals surface area contributed by atoms with E-state index in [2.05, 4.69) is 29.3 Å². The second-order valence-electron chi connectivity index (χ2n) is 2.70. The van der Waals surface area contributed by atoms with Crippen molar-refractivity contribution in [2.75, 3.05) is 6.54 Å². The van der Waals surface area contributed by atoms with E-state index in [9.17, 15) is 0 Å². The van der Waals surface area contributed by atoms with Gasteiger partial charge in [0.05, 0.1) is 6.04 Å². The summed E-state index contributed by atoms with van der Waals surface area (Å²) in [7, 11) is 0. The monoisotopic (exact) mass is 169 g/mol. The Morgan fingerprint density at radius 1 is 1.50 bits per heavy atom. The minimum absolute atomic E-state index is 0.205. The molecule has 1 unspecified atom stereocenters. The van der Waals surface area contributed by atoms with Crippen molar-refractivity contribution in [1.82, 2.24) is 15.5 Å². The van der Waals surface area contributed by atoms with E-state index in [4.69, 9.17) is 4.52 Å². The van der Waals surface area contributed by atoms with Gasteiger partial charge in [0.2, 0.25) is 5.89 Å². The molecule has 0 saturated heterocycles. The first-order chi connectivity index (χ1) is 5.77. The predicted octanol–water partition coefficient (Wildman–Crippen LogP) is 1.44. The summed E-state index contributed by atoms with van der Waals surface area (Å²) in [5.74, 6) is 1.39. The highest BCUT2D eigenvalue weighted by Gasteiger charge is 2.13. The van der Waals surface area contributed by atoms with Crippen LogP contribution in [0.4, 0.5) is 0 Å². The summed E-state index contributed by atoms with van der Waals surface area (Å²) in [5, 5.41) is 7.01. The van der Waals surface area contributed by atoms with Gasteiger partial charge in [-0.05, 0) is 19.9 Å². The summed E-state index contributed by atoms with van der Waals surface area (Å²) in [4.78, 5) is 4.16. The third-order valence-corrected chi connectivity index (χ3v) is 1.70. The Labute approximate surface area is 72.4 Å². The van der Waals surface area contributed by atoms with Crippen LogP contribution in [0.25, 0.3) is 0 Å². The molecule has 1 rings (SSSR count). The van der Waals surface area contributed by atoms with E-state index in [1.54, 1.807) is 0 Å². The Kier molecular flexibility index (Phi) is 3.22. The molecule has 4 heteroatoms. The summed E-state index contributed by atoms with van der Waals surface area (Å²) in [6, 6.07) is 0.205. The minimum atomic E-state index is 0.205. The zero-order valence-electron chi connectivity index (χ0n) is 7.79. The SMILES string of the molecule is CCNC(CC)c1nc(C)no1. The zero-order chi connectivity index (χ0) is 8.97. The molecule has 1 heterocycles. The van der Waals surface area contributed by atoms with Crippen molar-refractivity contribution in [2.45, 2.75) is 33.2 Å². The molecule has 1 aromatic heterocycles. The van der Waals surface area contributed by atoms with Crippen LogP contribution >= 0.6 is 0 Å². The largest absolute Gasteiger partial charge is 0.338 e. The first-order valence-corrected chi connectivity index (χ1v) is 4.31. The predicted molar refractivity (Wildman–Crippen MR) is 45.7 cm³/mol. The molecule has 0 aliphatic carbocycles. The van der Waals surface area contributed by atoms with Crippen molar-refractivity contribution < 1.29 is 4.52 Å². The third kappa shape index (κ3) is 2.04. The van der Waals surface area contributed by atoms with Gasteiger partial charge in [0, 0.05) is 0 Å². The van der Waals surface area contributed by atoms with Crippen LogP contribution in [0.5, 0.6) is 0 Å². The molecule has 0 spiro atoms. The second kappa shape index (κ2) is 4.21. The normalized spacial score (nSPS) is 13.2. The number of nitrogens with zero attached hydrogens (tertiary/aromatic N) is 2. The Bertz CT molecular complexity index is 234. The molecule has 1 atom stereocenters. The number of aryl methyl sites for hydroxylation is 1. The number of aromatic nitrogens is 2. The number of hydrogen-bond acceptors (Lipinski definition) is 4. The van der Waals surface area contributed by atoms with E-state index >= 15 is 0 Å². The van der Waals surface area contributed by atoms with Crippen LogP contribution in [0.2, 0.25) is 0 Å². The van der Waals surface area contributed by atoms with Crippen LogP contribution < -0.4 is 5.32 Å². The smallest absolute Gasteiger partial charge is 0.243 e. The fourth-order valence-corrected chi connectivity index (χ4v) is 1.11. The van der Waals surface area contributed by atoms with Crippen molar-refractivity contribution in [3.63, 3.8) is 0 Å². The van der Waals surface area contributed by atoms with Gasteiger partial charge in [0.15, 0.2) is 5.82 Å². The Morgan fingerprint density at radius 3 is 2.67 bits per heavy atom. The van der Waals surface area contributed by atoms with E-state index in [1.165, 1.54) is 0 Å². The molecule has 1 N–H and O–H groups in total. The molecule has 0 bridgehead atoms. The molecule has 12 heavy (non-hydrogen) atoms. The van der Waals surface area contributed by atoms with E-state index in [-0.39, 0.29) is 6.04 Å². The molecule has 0 aliphatic rings. The van der Waals surface area contributed by atoms with Crippen LogP contribution in [-0.4, -0.2) is 16.7 Å². The first-order valence-electron chi connectivity index (χ1n) is 4.31. The molecule has 0 amide bonds. The van der Waals surface area contributed by atoms with Gasteiger partial charge in [-0.1, -0.05) is 19.0 Å². The number of rotatable bonds is 4. The number of nitrogens with one attached hydrogen (secondary N) is 1.